The molecule has 0 amide bonds. The molecule has 10 heteroatoms. The Labute approximate surface area is 189 Å². The lowest BCUT2D eigenvalue weighted by molar-refractivity contribution is -0.137. The van der Waals surface area contributed by atoms with Crippen molar-refractivity contribution in [3.8, 4) is 0 Å². The summed E-state index contributed by atoms with van der Waals surface area (Å²) in [6.07, 6.45) is 5.78. The second-order valence-corrected chi connectivity index (χ2v) is 8.43. The summed E-state index contributed by atoms with van der Waals surface area (Å²) in [7, 11) is 2.91. The quantitative estimate of drug-likeness (QED) is 0.209. The van der Waals surface area contributed by atoms with E-state index in [-0.39, 0.29) is 11.1 Å². The van der Waals surface area contributed by atoms with Crippen LogP contribution in [0.25, 0.3) is 0 Å². The van der Waals surface area contributed by atoms with E-state index >= 15 is 0 Å². The Morgan fingerprint density at radius 3 is 1.19 bits per heavy atom. The van der Waals surface area contributed by atoms with Crippen LogP contribution in [0, 0.1) is 0 Å². The molecule has 0 N–H and O–H groups in total. The third-order valence-electron chi connectivity index (χ3n) is 1.83. The number of nitrogens with zero attached hydrogens (tertiary/aromatic N) is 1. The molecule has 27 heavy (non-hydrogen) atoms. The lowest BCUT2D eigenvalue weighted by Crippen LogP contribution is -1.88. The highest BCUT2D eigenvalue weighted by Crippen LogP contribution is 1.94. The molecule has 5 nitrogen and oxygen atoms in total. The molecule has 162 valence electrons. The summed E-state index contributed by atoms with van der Waals surface area (Å²) >= 11 is 13.7. The Bertz CT molecular complexity index is 360. The van der Waals surface area contributed by atoms with E-state index in [0.29, 0.717) is 5.05 Å². The molecule has 0 aliphatic carbocycles. The van der Waals surface area contributed by atoms with Crippen molar-refractivity contribution < 1.29 is 19.1 Å². The summed E-state index contributed by atoms with van der Waals surface area (Å²) in [6.45, 7) is 11.5. The average Bonchev–Trinajstić information content (AvgIpc) is 2.63. The minimum atomic E-state index is -0.245. The van der Waals surface area contributed by atoms with Crippen LogP contribution in [-0.4, -0.2) is 64.9 Å². The van der Waals surface area contributed by atoms with E-state index in [1.807, 2.05) is 33.3 Å². The van der Waals surface area contributed by atoms with Crippen molar-refractivity contribution in [1.29, 1.82) is 0 Å². The fourth-order valence-electron chi connectivity index (χ4n) is 0.287. The average molecular weight is 478 g/mol. The van der Waals surface area contributed by atoms with Crippen LogP contribution in [0.3, 0.4) is 0 Å². The van der Waals surface area contributed by atoms with E-state index in [0.717, 1.165) is 10.7 Å². The first-order valence-electron chi connectivity index (χ1n) is 7.63. The van der Waals surface area contributed by atoms with Gasteiger partial charge in [0.15, 0.2) is 10.2 Å². The Kier molecular flexibility index (Phi) is 46.5. The van der Waals surface area contributed by atoms with Gasteiger partial charge < -0.3 is 9.47 Å². The maximum Gasteiger partial charge on any atom is 0.302 e. The van der Waals surface area contributed by atoms with Gasteiger partial charge in [-0.05, 0) is 51.8 Å². The van der Waals surface area contributed by atoms with Gasteiger partial charge in [-0.15, -0.1) is 23.5 Å². The van der Waals surface area contributed by atoms with E-state index in [2.05, 4.69) is 38.9 Å². The van der Waals surface area contributed by atoms with Crippen LogP contribution in [0.2, 0.25) is 0 Å². The van der Waals surface area contributed by atoms with Crippen LogP contribution in [0.4, 0.5) is 0 Å². The number of esters is 1. The lowest BCUT2D eigenvalue weighted by Gasteiger charge is -1.87. The second kappa shape index (κ2) is 33.4. The van der Waals surface area contributed by atoms with Crippen LogP contribution in [0.5, 0.6) is 0 Å². The van der Waals surface area contributed by atoms with Crippen molar-refractivity contribution in [3.63, 3.8) is 0 Å². The molecule has 0 rings (SSSR count). The van der Waals surface area contributed by atoms with Gasteiger partial charge in [-0.1, -0.05) is 24.0 Å². The van der Waals surface area contributed by atoms with Crippen molar-refractivity contribution in [3.05, 3.63) is 0 Å². The standard InChI is InChI=1S/C5H11NS.C3H6O2.2C3H6OS.C3H6S2/c1-4-6-5(2)7-3;2*1-3(4)5-2;1-3(5)4-2;1-3(4)5-2/h4H2,1-3H3;4*1-2H3. The fraction of sp³-hybridized carbons (Fsp3) is 0.706. The summed E-state index contributed by atoms with van der Waals surface area (Å²) in [5, 5.41) is 1.93. The van der Waals surface area contributed by atoms with Crippen molar-refractivity contribution in [2.24, 2.45) is 4.99 Å². The smallest absolute Gasteiger partial charge is 0.302 e. The fourth-order valence-corrected chi connectivity index (χ4v) is 0.545. The van der Waals surface area contributed by atoms with Gasteiger partial charge >= 0.3 is 5.97 Å². The zero-order valence-electron chi connectivity index (χ0n) is 18.3. The first-order chi connectivity index (χ1) is 12.4. The van der Waals surface area contributed by atoms with Gasteiger partial charge in [0.2, 0.25) is 0 Å². The Balaban J connectivity index is -0.0000000753. The molecule has 0 spiro atoms. The number of thioether (sulfide) groups is 3. The third-order valence-corrected chi connectivity index (χ3v) is 4.36. The minimum Gasteiger partial charge on any atom is -0.491 e. The maximum absolute atomic E-state index is 9.78. The van der Waals surface area contributed by atoms with E-state index in [1.54, 1.807) is 50.7 Å². The largest absolute Gasteiger partial charge is 0.491 e. The van der Waals surface area contributed by atoms with Gasteiger partial charge in [-0.3, -0.25) is 14.6 Å². The van der Waals surface area contributed by atoms with Crippen molar-refractivity contribution in [2.75, 3.05) is 39.5 Å². The summed E-state index contributed by atoms with van der Waals surface area (Å²) in [6, 6.07) is 0. The number of carbonyl (C=O) groups excluding carboxylic acids is 2. The van der Waals surface area contributed by atoms with Gasteiger partial charge in [0.1, 0.15) is 0 Å². The number of carbonyl (C=O) groups is 2. The number of methoxy groups -OCH3 is 2. The van der Waals surface area contributed by atoms with Gasteiger partial charge in [-0.2, -0.15) is 0 Å². The summed E-state index contributed by atoms with van der Waals surface area (Å²) in [5.74, 6) is -0.245. The topological polar surface area (TPSA) is 65.0 Å². The van der Waals surface area contributed by atoms with E-state index in [4.69, 9.17) is 0 Å². The Morgan fingerprint density at radius 1 is 0.852 bits per heavy atom. The molecule has 0 bridgehead atoms. The first kappa shape index (κ1) is 37.6. The molecular weight excluding hydrogens is 443 g/mol. The predicted octanol–water partition coefficient (Wildman–Crippen LogP) is 5.54. The van der Waals surface area contributed by atoms with Crippen LogP contribution in [0.15, 0.2) is 4.99 Å². The normalized spacial score (nSPS) is 8.48. The summed E-state index contributed by atoms with van der Waals surface area (Å²) in [5.41, 5.74) is 0. The molecule has 0 aromatic carbocycles. The molecule has 0 fully saturated rings. The molecular formula is C17H35NO4S5. The van der Waals surface area contributed by atoms with Gasteiger partial charge in [-0.25, -0.2) is 0 Å². The number of hydrogen-bond donors (Lipinski definition) is 0. The molecule has 0 heterocycles. The zero-order valence-corrected chi connectivity index (χ0v) is 22.4. The van der Waals surface area contributed by atoms with Gasteiger partial charge in [0, 0.05) is 31.5 Å². The molecule has 0 unspecified atom stereocenters. The summed E-state index contributed by atoms with van der Waals surface area (Å²) < 4.78 is 9.60. The highest BCUT2D eigenvalue weighted by Gasteiger charge is 1.79. The zero-order chi connectivity index (χ0) is 22.8. The highest BCUT2D eigenvalue weighted by atomic mass is 32.2. The highest BCUT2D eigenvalue weighted by molar-refractivity contribution is 8.22. The Hall–Kier alpha value is -0.160. The predicted molar refractivity (Wildman–Crippen MR) is 136 cm³/mol. The van der Waals surface area contributed by atoms with E-state index < -0.39 is 0 Å². The van der Waals surface area contributed by atoms with Gasteiger partial charge in [0.05, 0.1) is 19.3 Å². The lowest BCUT2D eigenvalue weighted by atomic mass is 10.7. The van der Waals surface area contributed by atoms with Crippen LogP contribution < -0.4 is 0 Å². The van der Waals surface area contributed by atoms with Crippen molar-refractivity contribution >= 4 is 85.1 Å². The van der Waals surface area contributed by atoms with Crippen LogP contribution in [0.1, 0.15) is 41.5 Å². The van der Waals surface area contributed by atoms with Gasteiger partial charge in [0.25, 0.3) is 0 Å². The first-order valence-corrected chi connectivity index (χ1v) is 12.1. The monoisotopic (exact) mass is 477 g/mol. The molecule has 0 aliphatic heterocycles. The molecule has 0 radical (unpaired) electrons. The molecule has 0 aromatic rings. The number of aliphatic imine (C=N–C) groups is 1. The van der Waals surface area contributed by atoms with Crippen LogP contribution in [-0.2, 0) is 19.1 Å². The van der Waals surface area contributed by atoms with E-state index in [1.165, 1.54) is 30.8 Å². The van der Waals surface area contributed by atoms with Crippen LogP contribution >= 0.6 is 59.7 Å². The third kappa shape index (κ3) is 89.1. The molecule has 0 saturated heterocycles. The number of rotatable bonds is 1. The molecule has 0 aromatic heterocycles. The SMILES string of the molecule is CCN=C(C)SC.COC(C)=O.COC(C)=S.CSC(C)=O.CSC(C)=S. The maximum atomic E-state index is 9.78. The summed E-state index contributed by atoms with van der Waals surface area (Å²) in [4.78, 5) is 23.5. The molecule has 0 atom stereocenters. The number of hydrogen-bond acceptors (Lipinski definition) is 10. The second-order valence-electron chi connectivity index (χ2n) is 3.98. The molecule has 0 saturated carbocycles. The van der Waals surface area contributed by atoms with E-state index in [9.17, 15) is 9.59 Å². The number of thiocarbonyl (C=S) groups is 2. The minimum absolute atomic E-state index is 0.171. The van der Waals surface area contributed by atoms with Crippen molar-refractivity contribution in [1.82, 2.24) is 0 Å². The van der Waals surface area contributed by atoms with Crippen molar-refractivity contribution in [2.45, 2.75) is 41.5 Å². The molecule has 0 aliphatic rings. The Morgan fingerprint density at radius 2 is 1.15 bits per heavy atom. The number of ether oxygens (including phenoxy) is 2.